The van der Waals surface area contributed by atoms with E-state index in [2.05, 4.69) is 0 Å². The molecule has 3 heteroatoms. The van der Waals surface area contributed by atoms with Crippen molar-refractivity contribution in [3.63, 3.8) is 0 Å². The van der Waals surface area contributed by atoms with E-state index in [9.17, 15) is 4.39 Å². The summed E-state index contributed by atoms with van der Waals surface area (Å²) in [6.07, 6.45) is 0. The van der Waals surface area contributed by atoms with Crippen LogP contribution in [0, 0.1) is 5.82 Å². The summed E-state index contributed by atoms with van der Waals surface area (Å²) in [7, 11) is 0. The molecule has 1 atom stereocenters. The fraction of sp³-hybridized carbons (Fsp3) is 0.143. The van der Waals surface area contributed by atoms with Crippen LogP contribution in [0.15, 0.2) is 59.5 Å². The highest BCUT2D eigenvalue weighted by molar-refractivity contribution is 7.99. The van der Waals surface area contributed by atoms with Gasteiger partial charge in [0.1, 0.15) is 5.82 Å². The molecule has 0 saturated heterocycles. The van der Waals surface area contributed by atoms with Gasteiger partial charge in [-0.3, -0.25) is 0 Å². The summed E-state index contributed by atoms with van der Waals surface area (Å²) in [5.74, 6) is 0.538. The van der Waals surface area contributed by atoms with Crippen molar-refractivity contribution < 1.29 is 4.39 Å². The van der Waals surface area contributed by atoms with E-state index in [1.165, 1.54) is 12.1 Å². The molecule has 0 spiro atoms. The smallest absolute Gasteiger partial charge is 0.124 e. The molecule has 0 saturated carbocycles. The fourth-order valence-corrected chi connectivity index (χ4v) is 2.47. The lowest BCUT2D eigenvalue weighted by molar-refractivity contribution is 0.624. The average molecular weight is 247 g/mol. The molecule has 1 unspecified atom stereocenters. The Bertz CT molecular complexity index is 473. The minimum absolute atomic E-state index is 0.0236. The van der Waals surface area contributed by atoms with Crippen LogP contribution in [0.25, 0.3) is 0 Å². The zero-order chi connectivity index (χ0) is 12.1. The van der Waals surface area contributed by atoms with Crippen molar-refractivity contribution in [2.45, 2.75) is 10.9 Å². The lowest BCUT2D eigenvalue weighted by Crippen LogP contribution is -2.12. The van der Waals surface area contributed by atoms with E-state index in [4.69, 9.17) is 5.73 Å². The molecule has 0 aliphatic rings. The minimum Gasteiger partial charge on any atom is -0.323 e. The van der Waals surface area contributed by atoms with Crippen LogP contribution >= 0.6 is 11.8 Å². The van der Waals surface area contributed by atoms with Crippen molar-refractivity contribution in [2.24, 2.45) is 5.73 Å². The topological polar surface area (TPSA) is 26.0 Å². The third-order valence-corrected chi connectivity index (χ3v) is 3.57. The van der Waals surface area contributed by atoms with Gasteiger partial charge in [0.2, 0.25) is 0 Å². The van der Waals surface area contributed by atoms with Gasteiger partial charge in [0.15, 0.2) is 0 Å². The maximum atomic E-state index is 13.0. The van der Waals surface area contributed by atoms with Gasteiger partial charge in [0.05, 0.1) is 0 Å². The lowest BCUT2D eigenvalue weighted by Gasteiger charge is -2.11. The fourth-order valence-electron chi connectivity index (χ4n) is 1.54. The van der Waals surface area contributed by atoms with Crippen molar-refractivity contribution in [3.8, 4) is 0 Å². The van der Waals surface area contributed by atoms with E-state index in [0.29, 0.717) is 0 Å². The number of nitrogens with two attached hydrogens (primary N) is 1. The third-order valence-electron chi connectivity index (χ3n) is 2.45. The number of thioether (sulfide) groups is 1. The molecule has 88 valence electrons. The van der Waals surface area contributed by atoms with Crippen LogP contribution in [0.4, 0.5) is 4.39 Å². The van der Waals surface area contributed by atoms with Gasteiger partial charge < -0.3 is 5.73 Å². The second kappa shape index (κ2) is 5.84. The lowest BCUT2D eigenvalue weighted by atomic mass is 10.1. The summed E-state index contributed by atoms with van der Waals surface area (Å²) >= 11 is 1.57. The Labute approximate surface area is 105 Å². The van der Waals surface area contributed by atoms with Gasteiger partial charge in [-0.05, 0) is 23.8 Å². The number of halogens is 1. The normalized spacial score (nSPS) is 12.4. The maximum absolute atomic E-state index is 13.0. The molecule has 0 aliphatic carbocycles. The first kappa shape index (κ1) is 12.1. The molecule has 0 aliphatic heterocycles. The van der Waals surface area contributed by atoms with Crippen LogP contribution in [0.2, 0.25) is 0 Å². The summed E-state index contributed by atoms with van der Waals surface area (Å²) < 4.78 is 13.0. The maximum Gasteiger partial charge on any atom is 0.124 e. The van der Waals surface area contributed by atoms with E-state index in [-0.39, 0.29) is 11.9 Å². The van der Waals surface area contributed by atoms with Gasteiger partial charge in [0.25, 0.3) is 0 Å². The van der Waals surface area contributed by atoms with Gasteiger partial charge in [0, 0.05) is 16.7 Å². The molecule has 0 aromatic heterocycles. The summed E-state index contributed by atoms with van der Waals surface area (Å²) in [4.78, 5) is 0.913. The molecule has 0 fully saturated rings. The monoisotopic (exact) mass is 247 g/mol. The highest BCUT2D eigenvalue weighted by atomic mass is 32.2. The van der Waals surface area contributed by atoms with Gasteiger partial charge >= 0.3 is 0 Å². The predicted octanol–water partition coefficient (Wildman–Crippen LogP) is 3.62. The molecule has 0 amide bonds. The highest BCUT2D eigenvalue weighted by Gasteiger charge is 2.06. The minimum atomic E-state index is -0.205. The number of rotatable bonds is 4. The summed E-state index contributed by atoms with van der Waals surface area (Å²) in [6, 6.07) is 16.5. The molecule has 2 N–H and O–H groups in total. The summed E-state index contributed by atoms with van der Waals surface area (Å²) in [5, 5.41) is 0. The van der Waals surface area contributed by atoms with Gasteiger partial charge in [-0.2, -0.15) is 0 Å². The standard InChI is InChI=1S/C14H14FNS/c15-12-7-4-8-13(9-12)17-10-14(16)11-5-2-1-3-6-11/h1-9,14H,10,16H2. The zero-order valence-electron chi connectivity index (χ0n) is 9.34. The van der Waals surface area contributed by atoms with Gasteiger partial charge in [-0.1, -0.05) is 36.4 Å². The largest absolute Gasteiger partial charge is 0.323 e. The Kier molecular flexibility index (Phi) is 4.18. The molecular formula is C14H14FNS. The molecule has 2 aromatic rings. The zero-order valence-corrected chi connectivity index (χ0v) is 10.2. The molecule has 0 heterocycles. The van der Waals surface area contributed by atoms with Crippen molar-refractivity contribution in [1.29, 1.82) is 0 Å². The SMILES string of the molecule is NC(CSc1cccc(F)c1)c1ccccc1. The van der Waals surface area contributed by atoms with E-state index in [0.717, 1.165) is 16.2 Å². The van der Waals surface area contributed by atoms with E-state index in [1.54, 1.807) is 17.8 Å². The molecule has 1 nitrogen and oxygen atoms in total. The number of hydrogen-bond donors (Lipinski definition) is 1. The summed E-state index contributed by atoms with van der Waals surface area (Å²) in [6.45, 7) is 0. The van der Waals surface area contributed by atoms with Crippen molar-refractivity contribution in [2.75, 3.05) is 5.75 Å². The van der Waals surface area contributed by atoms with E-state index >= 15 is 0 Å². The Morgan fingerprint density at radius 2 is 1.82 bits per heavy atom. The van der Waals surface area contributed by atoms with Crippen LogP contribution in [0.3, 0.4) is 0 Å². The Morgan fingerprint density at radius 1 is 1.06 bits per heavy atom. The first-order valence-electron chi connectivity index (χ1n) is 5.44. The number of benzene rings is 2. The predicted molar refractivity (Wildman–Crippen MR) is 70.5 cm³/mol. The number of hydrogen-bond acceptors (Lipinski definition) is 2. The average Bonchev–Trinajstić information content (AvgIpc) is 2.37. The van der Waals surface area contributed by atoms with Crippen molar-refractivity contribution in [1.82, 2.24) is 0 Å². The van der Waals surface area contributed by atoms with Gasteiger partial charge in [-0.25, -0.2) is 4.39 Å². The van der Waals surface area contributed by atoms with Crippen LogP contribution < -0.4 is 5.73 Å². The van der Waals surface area contributed by atoms with Crippen molar-refractivity contribution >= 4 is 11.8 Å². The van der Waals surface area contributed by atoms with Crippen molar-refractivity contribution in [3.05, 3.63) is 66.0 Å². The first-order valence-corrected chi connectivity index (χ1v) is 6.43. The van der Waals surface area contributed by atoms with E-state index < -0.39 is 0 Å². The van der Waals surface area contributed by atoms with Crippen LogP contribution in [0.1, 0.15) is 11.6 Å². The summed E-state index contributed by atoms with van der Waals surface area (Å²) in [5.41, 5.74) is 7.17. The van der Waals surface area contributed by atoms with Crippen LogP contribution in [-0.2, 0) is 0 Å². The van der Waals surface area contributed by atoms with Gasteiger partial charge in [-0.15, -0.1) is 11.8 Å². The highest BCUT2D eigenvalue weighted by Crippen LogP contribution is 2.23. The Balaban J connectivity index is 1.95. The van der Waals surface area contributed by atoms with E-state index in [1.807, 2.05) is 36.4 Å². The third kappa shape index (κ3) is 3.58. The molecular weight excluding hydrogens is 233 g/mol. The quantitative estimate of drug-likeness (QED) is 0.835. The molecule has 0 radical (unpaired) electrons. The van der Waals surface area contributed by atoms with Crippen LogP contribution in [-0.4, -0.2) is 5.75 Å². The van der Waals surface area contributed by atoms with Crippen LogP contribution in [0.5, 0.6) is 0 Å². The Morgan fingerprint density at radius 3 is 2.53 bits per heavy atom. The second-order valence-corrected chi connectivity index (χ2v) is 4.88. The molecule has 2 aromatic carbocycles. The molecule has 2 rings (SSSR count). The Hall–Kier alpha value is -1.32. The second-order valence-electron chi connectivity index (χ2n) is 3.79. The molecule has 0 bridgehead atoms. The first-order chi connectivity index (χ1) is 8.25. The molecule has 17 heavy (non-hydrogen) atoms.